The lowest BCUT2D eigenvalue weighted by atomic mass is 9.47. The van der Waals surface area contributed by atoms with Gasteiger partial charge in [-0.3, -0.25) is 4.90 Å². The summed E-state index contributed by atoms with van der Waals surface area (Å²) < 4.78 is 6.10. The average molecular weight is 370 g/mol. The van der Waals surface area contributed by atoms with Gasteiger partial charge in [-0.05, 0) is 115 Å². The third kappa shape index (κ3) is 2.35. The number of fused-ring (bicyclic) bond motifs is 1. The molecule has 148 valence electrons. The molecule has 9 rings (SSSR count). The lowest BCUT2D eigenvalue weighted by Crippen LogP contribution is -2.72. The van der Waals surface area contributed by atoms with Crippen LogP contribution in [-0.4, -0.2) is 27.7 Å². The van der Waals surface area contributed by atoms with Crippen molar-refractivity contribution in [3.63, 3.8) is 0 Å². The van der Waals surface area contributed by atoms with E-state index in [1.165, 1.54) is 57.8 Å². The smallest absolute Gasteiger partial charge is 0.411 e. The van der Waals surface area contributed by atoms with Crippen molar-refractivity contribution in [3.8, 4) is 0 Å². The third-order valence-electron chi connectivity index (χ3n) is 9.01. The second-order valence-corrected chi connectivity index (χ2v) is 12.1. The molecule has 7 saturated carbocycles. The van der Waals surface area contributed by atoms with E-state index >= 15 is 0 Å². The maximum Gasteiger partial charge on any atom is 0.411 e. The van der Waals surface area contributed by atoms with Crippen molar-refractivity contribution >= 4 is 6.09 Å². The van der Waals surface area contributed by atoms with E-state index in [9.17, 15) is 4.79 Å². The van der Waals surface area contributed by atoms with Gasteiger partial charge in [0.1, 0.15) is 5.60 Å². The Kier molecular flexibility index (Phi) is 3.22. The topological polar surface area (TPSA) is 29.5 Å². The lowest BCUT2D eigenvalue weighted by molar-refractivity contribution is -0.148. The largest absolute Gasteiger partial charge is 0.444 e. The summed E-state index contributed by atoms with van der Waals surface area (Å²) >= 11 is 0. The van der Waals surface area contributed by atoms with Crippen LogP contribution in [0, 0.1) is 29.6 Å². The summed E-state index contributed by atoms with van der Waals surface area (Å²) in [5, 5.41) is 0. The Hall–Kier alpha value is -0.990. The fourth-order valence-electron chi connectivity index (χ4n) is 8.81. The molecule has 0 radical (unpaired) electrons. The van der Waals surface area contributed by atoms with E-state index in [4.69, 9.17) is 4.74 Å². The molecule has 0 aliphatic heterocycles. The van der Waals surface area contributed by atoms with Crippen LogP contribution >= 0.6 is 0 Å². The number of nitrogens with zero attached hydrogens (tertiary/aromatic N) is 1. The molecule has 7 fully saturated rings. The van der Waals surface area contributed by atoms with Crippen LogP contribution in [0.25, 0.3) is 0 Å². The van der Waals surface area contributed by atoms with E-state index in [1.54, 1.807) is 5.57 Å². The van der Waals surface area contributed by atoms with Gasteiger partial charge in [-0.15, -0.1) is 0 Å². The Morgan fingerprint density at radius 2 is 1.48 bits per heavy atom. The van der Waals surface area contributed by atoms with Gasteiger partial charge in [-0.2, -0.15) is 0 Å². The number of hydrogen-bond donors (Lipinski definition) is 0. The van der Waals surface area contributed by atoms with Gasteiger partial charge in [-0.1, -0.05) is 11.6 Å². The van der Waals surface area contributed by atoms with Gasteiger partial charge in [0.05, 0.1) is 5.54 Å². The molecule has 27 heavy (non-hydrogen) atoms. The molecule has 0 N–H and O–H groups in total. The number of amides is 1. The number of carbonyl (C=O) groups excluding carboxylic acids is 1. The fourth-order valence-corrected chi connectivity index (χ4v) is 8.81. The molecular formula is C24H35NO2. The van der Waals surface area contributed by atoms with Crippen molar-refractivity contribution in [2.24, 2.45) is 29.6 Å². The lowest BCUT2D eigenvalue weighted by Gasteiger charge is -2.68. The highest BCUT2D eigenvalue weighted by atomic mass is 16.6. The highest BCUT2D eigenvalue weighted by Crippen LogP contribution is 2.65. The van der Waals surface area contributed by atoms with Crippen LogP contribution in [0.2, 0.25) is 0 Å². The van der Waals surface area contributed by atoms with Gasteiger partial charge in [0.25, 0.3) is 0 Å². The summed E-state index contributed by atoms with van der Waals surface area (Å²) in [6.07, 6.45) is 15.4. The molecule has 0 saturated heterocycles. The van der Waals surface area contributed by atoms with Gasteiger partial charge in [0.15, 0.2) is 0 Å². The predicted molar refractivity (Wildman–Crippen MR) is 105 cm³/mol. The number of hydrogen-bond acceptors (Lipinski definition) is 2. The van der Waals surface area contributed by atoms with Gasteiger partial charge in [0.2, 0.25) is 0 Å². The zero-order valence-electron chi connectivity index (χ0n) is 17.3. The van der Waals surface area contributed by atoms with E-state index in [1.807, 2.05) is 20.8 Å². The van der Waals surface area contributed by atoms with E-state index in [0.29, 0.717) is 0 Å². The first-order valence-electron chi connectivity index (χ1n) is 11.5. The quantitative estimate of drug-likeness (QED) is 0.585. The summed E-state index contributed by atoms with van der Waals surface area (Å²) in [5.74, 6) is 4.08. The highest BCUT2D eigenvalue weighted by molar-refractivity contribution is 5.71. The molecule has 3 nitrogen and oxygen atoms in total. The van der Waals surface area contributed by atoms with Gasteiger partial charge >= 0.3 is 6.09 Å². The van der Waals surface area contributed by atoms with Crippen molar-refractivity contribution in [3.05, 3.63) is 11.6 Å². The number of carbonyl (C=O) groups is 1. The average Bonchev–Trinajstić information content (AvgIpc) is 2.51. The molecule has 1 amide bonds. The van der Waals surface area contributed by atoms with Crippen molar-refractivity contribution in [1.29, 1.82) is 0 Å². The zero-order chi connectivity index (χ0) is 18.6. The molecule has 9 aliphatic rings. The Morgan fingerprint density at radius 1 is 0.926 bits per heavy atom. The number of allylic oxidation sites excluding steroid dienone is 1. The molecule has 3 heteroatoms. The van der Waals surface area contributed by atoms with Crippen molar-refractivity contribution in [2.45, 2.75) is 102 Å². The second-order valence-electron chi connectivity index (χ2n) is 12.1. The summed E-state index contributed by atoms with van der Waals surface area (Å²) in [7, 11) is 0. The van der Waals surface area contributed by atoms with Crippen LogP contribution in [0.15, 0.2) is 11.6 Å². The number of rotatable bonds is 2. The van der Waals surface area contributed by atoms with Crippen molar-refractivity contribution in [1.82, 2.24) is 4.90 Å². The van der Waals surface area contributed by atoms with Crippen LogP contribution in [-0.2, 0) is 4.74 Å². The minimum Gasteiger partial charge on any atom is -0.444 e. The van der Waals surface area contributed by atoms with E-state index in [0.717, 1.165) is 36.0 Å². The van der Waals surface area contributed by atoms with E-state index in [2.05, 4.69) is 11.0 Å². The molecule has 0 heterocycles. The zero-order valence-corrected chi connectivity index (χ0v) is 17.3. The molecule has 2 atom stereocenters. The SMILES string of the molecule is CC(C)(C)OC(=O)N(C12CC3CC(CC(C3)C1)C2)C12CC=C3C(CC3C1)C2. The second kappa shape index (κ2) is 5.13. The van der Waals surface area contributed by atoms with Crippen LogP contribution in [0.5, 0.6) is 0 Å². The van der Waals surface area contributed by atoms with Crippen LogP contribution in [0.3, 0.4) is 0 Å². The van der Waals surface area contributed by atoms with Gasteiger partial charge in [0, 0.05) is 5.54 Å². The Bertz CT molecular complexity index is 665. The molecule has 9 aliphatic carbocycles. The summed E-state index contributed by atoms with van der Waals surface area (Å²) in [6, 6.07) is 0. The monoisotopic (exact) mass is 369 g/mol. The Labute approximate surface area is 163 Å². The first-order valence-corrected chi connectivity index (χ1v) is 11.5. The van der Waals surface area contributed by atoms with Crippen LogP contribution in [0.1, 0.15) is 85.0 Å². The van der Waals surface area contributed by atoms with E-state index in [-0.39, 0.29) is 17.2 Å². The Balaban J connectivity index is 1.41. The standard InChI is InChI=1S/C24H35NO2/c1-22(2,3)27-21(26)25(23-5-4-20-18(13-23)9-19(20)14-23)24-10-15-6-16(11-24)8-17(7-15)12-24/h4,15-19H,5-14H2,1-3H3. The van der Waals surface area contributed by atoms with Crippen molar-refractivity contribution in [2.75, 3.05) is 0 Å². The molecular weight excluding hydrogens is 334 g/mol. The van der Waals surface area contributed by atoms with Crippen molar-refractivity contribution < 1.29 is 9.53 Å². The Morgan fingerprint density at radius 3 is 1.96 bits per heavy atom. The maximum absolute atomic E-state index is 13.8. The molecule has 2 unspecified atom stereocenters. The van der Waals surface area contributed by atoms with Gasteiger partial charge in [-0.25, -0.2) is 4.79 Å². The van der Waals surface area contributed by atoms with Gasteiger partial charge < -0.3 is 4.74 Å². The predicted octanol–water partition coefficient (Wildman–Crippen LogP) is 5.69. The summed E-state index contributed by atoms with van der Waals surface area (Å²) in [6.45, 7) is 6.08. The molecule has 0 aromatic rings. The molecule has 0 aromatic heterocycles. The number of ether oxygens (including phenoxy) is 1. The first-order chi connectivity index (χ1) is 12.8. The maximum atomic E-state index is 13.8. The molecule has 8 bridgehead atoms. The molecule has 0 aromatic carbocycles. The minimum atomic E-state index is -0.415. The molecule has 0 spiro atoms. The van der Waals surface area contributed by atoms with E-state index < -0.39 is 5.60 Å². The van der Waals surface area contributed by atoms with Crippen LogP contribution < -0.4 is 0 Å². The third-order valence-corrected chi connectivity index (χ3v) is 9.01. The van der Waals surface area contributed by atoms with Crippen LogP contribution in [0.4, 0.5) is 4.79 Å². The fraction of sp³-hybridized carbons (Fsp3) is 0.875. The highest BCUT2D eigenvalue weighted by Gasteiger charge is 2.64. The normalized spacial score (nSPS) is 48.9. The summed E-state index contributed by atoms with van der Waals surface area (Å²) in [5.41, 5.74) is 1.45. The first kappa shape index (κ1) is 16.9. The summed E-state index contributed by atoms with van der Waals surface area (Å²) in [4.78, 5) is 16.2. The minimum absolute atomic E-state index is 0.00241.